The molecule has 0 aromatic heterocycles. The number of rotatable bonds is 6. The summed E-state index contributed by atoms with van der Waals surface area (Å²) in [4.78, 5) is 43.3. The van der Waals surface area contributed by atoms with Gasteiger partial charge in [0.15, 0.2) is 5.17 Å². The lowest BCUT2D eigenvalue weighted by atomic mass is 10.1. The Bertz CT molecular complexity index is 1030. The minimum Gasteiger partial charge on any atom is -0.351 e. The largest absolute Gasteiger partial charge is 0.351 e. The first-order chi connectivity index (χ1) is 15.5. The average Bonchev–Trinajstić information content (AvgIpc) is 3.45. The van der Waals surface area contributed by atoms with E-state index in [1.807, 2.05) is 24.3 Å². The van der Waals surface area contributed by atoms with Gasteiger partial charge in [-0.15, -0.1) is 0 Å². The fraction of sp³-hybridized carbons (Fsp3) is 0.333. The van der Waals surface area contributed by atoms with Gasteiger partial charge in [0.1, 0.15) is 5.25 Å². The number of nitrogens with one attached hydrogen (secondary N) is 2. The molecule has 1 atom stereocenters. The summed E-state index contributed by atoms with van der Waals surface area (Å²) in [7, 11) is 0. The molecule has 32 heavy (non-hydrogen) atoms. The lowest BCUT2D eigenvalue weighted by Crippen LogP contribution is -2.25. The van der Waals surface area contributed by atoms with Crippen LogP contribution in [-0.2, 0) is 16.0 Å². The van der Waals surface area contributed by atoms with Crippen LogP contribution < -0.4 is 10.6 Å². The number of benzene rings is 2. The Labute approximate surface area is 191 Å². The number of aliphatic imine (C=N–C) groups is 1. The monoisotopic (exact) mass is 450 g/mol. The minimum absolute atomic E-state index is 0.0698. The van der Waals surface area contributed by atoms with E-state index in [1.54, 1.807) is 24.3 Å². The van der Waals surface area contributed by atoms with Gasteiger partial charge in [0.2, 0.25) is 5.91 Å². The second kappa shape index (κ2) is 9.99. The van der Waals surface area contributed by atoms with Gasteiger partial charge in [-0.25, -0.2) is 0 Å². The van der Waals surface area contributed by atoms with Gasteiger partial charge in [-0.1, -0.05) is 30.8 Å². The van der Waals surface area contributed by atoms with Gasteiger partial charge in [-0.3, -0.25) is 14.4 Å². The van der Waals surface area contributed by atoms with E-state index in [9.17, 15) is 14.4 Å². The summed E-state index contributed by atoms with van der Waals surface area (Å²) < 4.78 is 0. The topological polar surface area (TPSA) is 90.9 Å². The normalized spacial score (nSPS) is 17.9. The quantitative estimate of drug-likeness (QED) is 0.696. The molecule has 166 valence electrons. The highest BCUT2D eigenvalue weighted by atomic mass is 32.2. The van der Waals surface area contributed by atoms with Crippen LogP contribution in [0.4, 0.5) is 11.4 Å². The molecule has 2 aromatic carbocycles. The molecule has 1 fully saturated rings. The number of amides is 3. The van der Waals surface area contributed by atoms with Gasteiger partial charge in [0, 0.05) is 36.4 Å². The van der Waals surface area contributed by atoms with Crippen molar-refractivity contribution in [2.75, 3.05) is 23.7 Å². The van der Waals surface area contributed by atoms with E-state index in [2.05, 4.69) is 27.4 Å². The third-order valence-corrected chi connectivity index (χ3v) is 6.74. The van der Waals surface area contributed by atoms with Crippen molar-refractivity contribution in [1.29, 1.82) is 0 Å². The number of anilines is 2. The first kappa shape index (κ1) is 22.1. The van der Waals surface area contributed by atoms with Gasteiger partial charge in [0.25, 0.3) is 11.8 Å². The number of amidine groups is 1. The summed E-state index contributed by atoms with van der Waals surface area (Å²) in [6.07, 6.45) is 3.23. The smallest absolute Gasteiger partial charge is 0.262 e. The average molecular weight is 451 g/mol. The molecule has 2 aromatic rings. The molecule has 0 saturated carbocycles. The van der Waals surface area contributed by atoms with Gasteiger partial charge in [0.05, 0.1) is 0 Å². The van der Waals surface area contributed by atoms with Crippen molar-refractivity contribution >= 4 is 46.0 Å². The van der Waals surface area contributed by atoms with Gasteiger partial charge in [-0.2, -0.15) is 4.99 Å². The van der Waals surface area contributed by atoms with Crippen LogP contribution >= 0.6 is 11.8 Å². The number of carbonyl (C=O) groups is 3. The molecule has 2 aliphatic heterocycles. The number of likely N-dealkylation sites (tertiary alicyclic amines) is 1. The standard InChI is InChI=1S/C24H26N4O3S/c1-2-16-5-9-19(10-6-16)26-22(30)17-7-11-18(12-8-17)25-21(29)15-20-23(31)27-24(32-20)28-13-3-4-14-28/h5-12,20H,2-4,13-15H2,1H3,(H,25,29)(H,26,30)/t20-/m0/s1. The molecule has 1 saturated heterocycles. The fourth-order valence-electron chi connectivity index (χ4n) is 3.67. The first-order valence-corrected chi connectivity index (χ1v) is 11.7. The maximum absolute atomic E-state index is 12.5. The van der Waals surface area contributed by atoms with E-state index < -0.39 is 5.25 Å². The highest BCUT2D eigenvalue weighted by molar-refractivity contribution is 8.15. The van der Waals surface area contributed by atoms with Gasteiger partial charge in [-0.05, 0) is 61.2 Å². The number of carbonyl (C=O) groups excluding carboxylic acids is 3. The van der Waals surface area contributed by atoms with Crippen molar-refractivity contribution in [2.24, 2.45) is 4.99 Å². The van der Waals surface area contributed by atoms with Crippen LogP contribution in [0.3, 0.4) is 0 Å². The van der Waals surface area contributed by atoms with Crippen molar-refractivity contribution in [3.63, 3.8) is 0 Å². The van der Waals surface area contributed by atoms with Crippen LogP contribution in [0.1, 0.15) is 42.1 Å². The molecular weight excluding hydrogens is 424 g/mol. The fourth-order valence-corrected chi connectivity index (χ4v) is 4.78. The van der Waals surface area contributed by atoms with Crippen molar-refractivity contribution < 1.29 is 14.4 Å². The molecule has 0 aliphatic carbocycles. The molecule has 2 heterocycles. The molecule has 8 heteroatoms. The third-order valence-electron chi connectivity index (χ3n) is 5.53. The Morgan fingerprint density at radius 2 is 1.62 bits per heavy atom. The summed E-state index contributed by atoms with van der Waals surface area (Å²) in [6.45, 7) is 3.92. The molecule has 2 aliphatic rings. The number of aryl methyl sites for hydroxylation is 1. The molecule has 0 bridgehead atoms. The molecule has 0 unspecified atom stereocenters. The molecule has 2 N–H and O–H groups in total. The second-order valence-electron chi connectivity index (χ2n) is 7.87. The van der Waals surface area contributed by atoms with Crippen LogP contribution in [-0.4, -0.2) is 46.1 Å². The van der Waals surface area contributed by atoms with Gasteiger partial charge < -0.3 is 15.5 Å². The maximum Gasteiger partial charge on any atom is 0.262 e. The molecule has 0 spiro atoms. The van der Waals surface area contributed by atoms with Crippen LogP contribution in [0.5, 0.6) is 0 Å². The zero-order valence-electron chi connectivity index (χ0n) is 18.0. The zero-order valence-corrected chi connectivity index (χ0v) is 18.8. The summed E-state index contributed by atoms with van der Waals surface area (Å²) in [6, 6.07) is 14.4. The summed E-state index contributed by atoms with van der Waals surface area (Å²) in [5.74, 6) is -0.709. The van der Waals surface area contributed by atoms with E-state index >= 15 is 0 Å². The minimum atomic E-state index is -0.477. The molecule has 3 amide bonds. The van der Waals surface area contributed by atoms with E-state index in [-0.39, 0.29) is 24.1 Å². The Kier molecular flexibility index (Phi) is 6.90. The summed E-state index contributed by atoms with van der Waals surface area (Å²) in [5.41, 5.74) is 3.01. The SMILES string of the molecule is CCc1ccc(NC(=O)c2ccc(NC(=O)C[C@@H]3SC(N4CCCC4)=NC3=O)cc2)cc1. The van der Waals surface area contributed by atoms with E-state index in [1.165, 1.54) is 17.3 Å². The Hall–Kier alpha value is -3.13. The van der Waals surface area contributed by atoms with Crippen molar-refractivity contribution in [3.05, 3.63) is 59.7 Å². The molecule has 4 rings (SSSR count). The summed E-state index contributed by atoms with van der Waals surface area (Å²) in [5, 5.41) is 5.93. The van der Waals surface area contributed by atoms with E-state index in [4.69, 9.17) is 0 Å². The highest BCUT2D eigenvalue weighted by Gasteiger charge is 2.33. The van der Waals surface area contributed by atoms with Crippen LogP contribution in [0, 0.1) is 0 Å². The molecule has 7 nitrogen and oxygen atoms in total. The van der Waals surface area contributed by atoms with Crippen molar-refractivity contribution in [3.8, 4) is 0 Å². The number of nitrogens with zero attached hydrogens (tertiary/aromatic N) is 2. The van der Waals surface area contributed by atoms with Crippen LogP contribution in [0.25, 0.3) is 0 Å². The number of hydrogen-bond acceptors (Lipinski definition) is 5. The predicted octanol–water partition coefficient (Wildman–Crippen LogP) is 3.92. The third kappa shape index (κ3) is 5.37. The second-order valence-corrected chi connectivity index (χ2v) is 9.04. The number of hydrogen-bond donors (Lipinski definition) is 2. The Balaban J connectivity index is 1.28. The van der Waals surface area contributed by atoms with E-state index in [0.29, 0.717) is 11.3 Å². The zero-order chi connectivity index (χ0) is 22.5. The van der Waals surface area contributed by atoms with Crippen LogP contribution in [0.15, 0.2) is 53.5 Å². The lowest BCUT2D eigenvalue weighted by molar-refractivity contribution is -0.121. The summed E-state index contributed by atoms with van der Waals surface area (Å²) >= 11 is 1.38. The lowest BCUT2D eigenvalue weighted by Gasteiger charge is -2.16. The first-order valence-electron chi connectivity index (χ1n) is 10.9. The molecular formula is C24H26N4O3S. The highest BCUT2D eigenvalue weighted by Crippen LogP contribution is 2.29. The predicted molar refractivity (Wildman–Crippen MR) is 128 cm³/mol. The number of thioether (sulfide) groups is 1. The van der Waals surface area contributed by atoms with Crippen molar-refractivity contribution in [1.82, 2.24) is 4.90 Å². The van der Waals surface area contributed by atoms with Crippen molar-refractivity contribution in [2.45, 2.75) is 37.9 Å². The Morgan fingerprint density at radius 1 is 1.00 bits per heavy atom. The molecule has 0 radical (unpaired) electrons. The van der Waals surface area contributed by atoms with Crippen LogP contribution in [0.2, 0.25) is 0 Å². The maximum atomic E-state index is 12.5. The Morgan fingerprint density at radius 3 is 2.28 bits per heavy atom. The van der Waals surface area contributed by atoms with E-state index in [0.717, 1.165) is 43.2 Å². The van der Waals surface area contributed by atoms with Gasteiger partial charge >= 0.3 is 0 Å².